The molecule has 0 saturated carbocycles. The van der Waals surface area contributed by atoms with Crippen LogP contribution >= 0.6 is 11.6 Å². The number of phenols is 1. The minimum Gasteiger partial charge on any atom is -0.502 e. The van der Waals surface area contributed by atoms with Crippen LogP contribution in [0, 0.1) is 17.0 Å². The number of nitrogens with zero attached hydrogens (tertiary/aromatic N) is 2. The Bertz CT molecular complexity index is 699. The van der Waals surface area contributed by atoms with Crippen LogP contribution in [0.1, 0.15) is 11.1 Å². The standard InChI is InChI=1S/C14H12ClN3O3/c1-9-2-4-12(5-3-9)17-16-8-10-6-11(15)7-13(14(10)19)18(20)21/h2-8,17,19H,1H3/b16-8-. The highest BCUT2D eigenvalue weighted by Crippen LogP contribution is 2.32. The van der Waals surface area contributed by atoms with Crippen LogP contribution in [0.25, 0.3) is 0 Å². The minimum absolute atomic E-state index is 0.149. The molecule has 0 aromatic heterocycles. The zero-order chi connectivity index (χ0) is 15.4. The predicted octanol–water partition coefficient (Wildman–Crippen LogP) is 3.71. The Hall–Kier alpha value is -2.60. The van der Waals surface area contributed by atoms with E-state index in [9.17, 15) is 15.2 Å². The van der Waals surface area contributed by atoms with E-state index in [2.05, 4.69) is 10.5 Å². The van der Waals surface area contributed by atoms with Crippen LogP contribution in [0.5, 0.6) is 5.75 Å². The molecule has 0 spiro atoms. The number of nitro groups is 1. The van der Waals surface area contributed by atoms with Gasteiger partial charge in [-0.15, -0.1) is 0 Å². The van der Waals surface area contributed by atoms with Crippen LogP contribution < -0.4 is 5.43 Å². The van der Waals surface area contributed by atoms with E-state index >= 15 is 0 Å². The third kappa shape index (κ3) is 3.70. The molecule has 0 unspecified atom stereocenters. The molecule has 21 heavy (non-hydrogen) atoms. The molecule has 0 saturated heterocycles. The van der Waals surface area contributed by atoms with Crippen molar-refractivity contribution < 1.29 is 10.0 Å². The van der Waals surface area contributed by atoms with Crippen molar-refractivity contribution in [1.29, 1.82) is 0 Å². The first-order valence-corrected chi connectivity index (χ1v) is 6.38. The van der Waals surface area contributed by atoms with Crippen molar-refractivity contribution in [2.75, 3.05) is 5.43 Å². The fourth-order valence-corrected chi connectivity index (χ4v) is 1.87. The third-order valence-corrected chi connectivity index (χ3v) is 2.95. The molecule has 0 fully saturated rings. The van der Waals surface area contributed by atoms with Gasteiger partial charge in [-0.1, -0.05) is 29.3 Å². The summed E-state index contributed by atoms with van der Waals surface area (Å²) >= 11 is 5.78. The van der Waals surface area contributed by atoms with Gasteiger partial charge in [0.25, 0.3) is 0 Å². The molecule has 2 rings (SSSR count). The van der Waals surface area contributed by atoms with E-state index in [1.54, 1.807) is 0 Å². The number of rotatable bonds is 4. The molecule has 6 nitrogen and oxygen atoms in total. The summed E-state index contributed by atoms with van der Waals surface area (Å²) < 4.78 is 0. The van der Waals surface area contributed by atoms with E-state index < -0.39 is 16.4 Å². The summed E-state index contributed by atoms with van der Waals surface area (Å²) in [4.78, 5) is 10.1. The highest BCUT2D eigenvalue weighted by Gasteiger charge is 2.17. The summed E-state index contributed by atoms with van der Waals surface area (Å²) in [6.07, 6.45) is 1.27. The maximum atomic E-state index is 10.8. The molecule has 2 N–H and O–H groups in total. The van der Waals surface area contributed by atoms with Crippen molar-refractivity contribution in [2.45, 2.75) is 6.92 Å². The Morgan fingerprint density at radius 3 is 2.62 bits per heavy atom. The zero-order valence-electron chi connectivity index (χ0n) is 11.1. The average Bonchev–Trinajstić information content (AvgIpc) is 2.44. The molecule has 0 bridgehead atoms. The summed E-state index contributed by atoms with van der Waals surface area (Å²) in [5.74, 6) is -0.473. The molecule has 0 aliphatic carbocycles. The second kappa shape index (κ2) is 6.23. The van der Waals surface area contributed by atoms with Gasteiger partial charge in [0.1, 0.15) is 0 Å². The maximum absolute atomic E-state index is 10.8. The van der Waals surface area contributed by atoms with E-state index in [1.165, 1.54) is 12.3 Å². The van der Waals surface area contributed by atoms with E-state index in [0.717, 1.165) is 17.3 Å². The number of anilines is 1. The van der Waals surface area contributed by atoms with E-state index in [1.807, 2.05) is 31.2 Å². The number of nitro benzene ring substituents is 1. The van der Waals surface area contributed by atoms with Gasteiger partial charge >= 0.3 is 5.69 Å². The lowest BCUT2D eigenvalue weighted by molar-refractivity contribution is -0.385. The van der Waals surface area contributed by atoms with Crippen LogP contribution in [0.3, 0.4) is 0 Å². The molecule has 0 atom stereocenters. The molecule has 7 heteroatoms. The Labute approximate surface area is 125 Å². The summed E-state index contributed by atoms with van der Waals surface area (Å²) in [5.41, 5.74) is 4.34. The number of hydrazone groups is 1. The summed E-state index contributed by atoms with van der Waals surface area (Å²) in [7, 11) is 0. The predicted molar refractivity (Wildman–Crippen MR) is 82.2 cm³/mol. The van der Waals surface area contributed by atoms with Crippen LogP contribution in [0.15, 0.2) is 41.5 Å². The lowest BCUT2D eigenvalue weighted by Gasteiger charge is -2.03. The van der Waals surface area contributed by atoms with Gasteiger partial charge in [-0.3, -0.25) is 15.5 Å². The first kappa shape index (κ1) is 14.8. The molecule has 0 aliphatic heterocycles. The monoisotopic (exact) mass is 305 g/mol. The van der Waals surface area contributed by atoms with Crippen LogP contribution in [-0.2, 0) is 0 Å². The Balaban J connectivity index is 2.21. The van der Waals surface area contributed by atoms with Crippen molar-refractivity contribution in [3.05, 3.63) is 62.7 Å². The second-order valence-corrected chi connectivity index (χ2v) is 4.79. The highest BCUT2D eigenvalue weighted by molar-refractivity contribution is 6.31. The fraction of sp³-hybridized carbons (Fsp3) is 0.0714. The number of benzene rings is 2. The molecule has 0 radical (unpaired) electrons. The number of aromatic hydroxyl groups is 1. The van der Waals surface area contributed by atoms with Gasteiger partial charge in [0, 0.05) is 16.7 Å². The van der Waals surface area contributed by atoms with Crippen molar-refractivity contribution in [3.8, 4) is 5.75 Å². The van der Waals surface area contributed by atoms with E-state index in [4.69, 9.17) is 11.6 Å². The van der Waals surface area contributed by atoms with Gasteiger partial charge in [0.2, 0.25) is 5.75 Å². The van der Waals surface area contributed by atoms with E-state index in [0.29, 0.717) is 0 Å². The third-order valence-electron chi connectivity index (χ3n) is 2.73. The van der Waals surface area contributed by atoms with Crippen molar-refractivity contribution in [2.24, 2.45) is 5.10 Å². The van der Waals surface area contributed by atoms with Crippen molar-refractivity contribution in [3.63, 3.8) is 0 Å². The van der Waals surface area contributed by atoms with Gasteiger partial charge in [-0.2, -0.15) is 5.10 Å². The SMILES string of the molecule is Cc1ccc(N/N=C\c2cc(Cl)cc([N+](=O)[O-])c2O)cc1. The average molecular weight is 306 g/mol. The highest BCUT2D eigenvalue weighted by atomic mass is 35.5. The molecule has 0 amide bonds. The summed E-state index contributed by atoms with van der Waals surface area (Å²) in [5, 5.41) is 24.7. The number of hydrogen-bond acceptors (Lipinski definition) is 5. The van der Waals surface area contributed by atoms with Gasteiger partial charge in [-0.05, 0) is 25.1 Å². The summed E-state index contributed by atoms with van der Waals surface area (Å²) in [6, 6.07) is 9.99. The Morgan fingerprint density at radius 1 is 1.33 bits per heavy atom. The minimum atomic E-state index is -0.702. The quantitative estimate of drug-likeness (QED) is 0.512. The molecule has 2 aromatic carbocycles. The second-order valence-electron chi connectivity index (χ2n) is 4.36. The fourth-order valence-electron chi connectivity index (χ4n) is 1.65. The summed E-state index contributed by atoms with van der Waals surface area (Å²) in [6.45, 7) is 1.97. The first-order valence-electron chi connectivity index (χ1n) is 6.00. The molecular weight excluding hydrogens is 294 g/mol. The van der Waals surface area contributed by atoms with E-state index in [-0.39, 0.29) is 10.6 Å². The number of phenolic OH excluding ortho intramolecular Hbond substituents is 1. The van der Waals surface area contributed by atoms with Crippen molar-refractivity contribution >= 4 is 29.2 Å². The van der Waals surface area contributed by atoms with Gasteiger partial charge in [0.05, 0.1) is 16.8 Å². The normalized spacial score (nSPS) is 10.8. The smallest absolute Gasteiger partial charge is 0.312 e. The number of aryl methyl sites for hydroxylation is 1. The molecular formula is C14H12ClN3O3. The van der Waals surface area contributed by atoms with Gasteiger partial charge in [0.15, 0.2) is 0 Å². The lowest BCUT2D eigenvalue weighted by Crippen LogP contribution is -1.94. The van der Waals surface area contributed by atoms with Crippen LogP contribution in [0.2, 0.25) is 5.02 Å². The topological polar surface area (TPSA) is 87.8 Å². The first-order chi connectivity index (χ1) is 9.97. The zero-order valence-corrected chi connectivity index (χ0v) is 11.8. The largest absolute Gasteiger partial charge is 0.502 e. The van der Waals surface area contributed by atoms with Crippen LogP contribution in [-0.4, -0.2) is 16.2 Å². The van der Waals surface area contributed by atoms with Gasteiger partial charge in [-0.25, -0.2) is 0 Å². The molecule has 2 aromatic rings. The number of hydrogen-bond donors (Lipinski definition) is 2. The molecule has 0 heterocycles. The van der Waals surface area contributed by atoms with Crippen molar-refractivity contribution in [1.82, 2.24) is 0 Å². The Kier molecular flexibility index (Phi) is 4.39. The van der Waals surface area contributed by atoms with Gasteiger partial charge < -0.3 is 5.11 Å². The molecule has 0 aliphatic rings. The lowest BCUT2D eigenvalue weighted by atomic mass is 10.2. The van der Waals surface area contributed by atoms with Crippen LogP contribution in [0.4, 0.5) is 11.4 Å². The molecule has 108 valence electrons. The Morgan fingerprint density at radius 2 is 2.00 bits per heavy atom. The maximum Gasteiger partial charge on any atom is 0.312 e. The number of halogens is 1. The number of nitrogens with one attached hydrogen (secondary N) is 1.